The third-order valence-corrected chi connectivity index (χ3v) is 2.75. The SMILES string of the molecule is CCc1c(N)ncnc1Nc1ccc(F)c(OC)c1. The van der Waals surface area contributed by atoms with Crippen molar-refractivity contribution >= 4 is 17.3 Å². The molecule has 0 spiro atoms. The van der Waals surface area contributed by atoms with Crippen LogP contribution in [0.2, 0.25) is 0 Å². The molecule has 1 heterocycles. The lowest BCUT2D eigenvalue weighted by Gasteiger charge is -2.12. The summed E-state index contributed by atoms with van der Waals surface area (Å²) < 4.78 is 18.3. The zero-order valence-corrected chi connectivity index (χ0v) is 10.8. The van der Waals surface area contributed by atoms with Gasteiger partial charge in [-0.15, -0.1) is 0 Å². The second kappa shape index (κ2) is 5.51. The molecule has 3 N–H and O–H groups in total. The molecule has 0 aliphatic heterocycles. The summed E-state index contributed by atoms with van der Waals surface area (Å²) >= 11 is 0. The lowest BCUT2D eigenvalue weighted by Crippen LogP contribution is -2.04. The predicted molar refractivity (Wildman–Crippen MR) is 72.1 cm³/mol. The minimum Gasteiger partial charge on any atom is -0.494 e. The highest BCUT2D eigenvalue weighted by atomic mass is 19.1. The summed E-state index contributed by atoms with van der Waals surface area (Å²) in [6.07, 6.45) is 2.09. The zero-order chi connectivity index (χ0) is 13.8. The van der Waals surface area contributed by atoms with Crippen LogP contribution >= 0.6 is 0 Å². The Morgan fingerprint density at radius 3 is 2.84 bits per heavy atom. The van der Waals surface area contributed by atoms with Crippen molar-refractivity contribution in [3.63, 3.8) is 0 Å². The van der Waals surface area contributed by atoms with Gasteiger partial charge in [-0.25, -0.2) is 14.4 Å². The molecule has 0 bridgehead atoms. The highest BCUT2D eigenvalue weighted by Gasteiger charge is 2.09. The van der Waals surface area contributed by atoms with Crippen LogP contribution in [0, 0.1) is 5.82 Å². The molecule has 0 aliphatic carbocycles. The smallest absolute Gasteiger partial charge is 0.165 e. The van der Waals surface area contributed by atoms with Gasteiger partial charge in [0.15, 0.2) is 11.6 Å². The van der Waals surface area contributed by atoms with Crippen molar-refractivity contribution in [2.45, 2.75) is 13.3 Å². The van der Waals surface area contributed by atoms with Crippen LogP contribution in [0.5, 0.6) is 5.75 Å². The van der Waals surface area contributed by atoms with Gasteiger partial charge in [-0.2, -0.15) is 0 Å². The normalized spacial score (nSPS) is 10.3. The monoisotopic (exact) mass is 262 g/mol. The van der Waals surface area contributed by atoms with Crippen molar-refractivity contribution in [3.8, 4) is 5.75 Å². The Labute approximate surface area is 110 Å². The van der Waals surface area contributed by atoms with Crippen LogP contribution in [0.3, 0.4) is 0 Å². The Balaban J connectivity index is 2.33. The van der Waals surface area contributed by atoms with Crippen molar-refractivity contribution in [2.75, 3.05) is 18.2 Å². The van der Waals surface area contributed by atoms with E-state index < -0.39 is 5.82 Å². The maximum Gasteiger partial charge on any atom is 0.165 e. The van der Waals surface area contributed by atoms with Crippen LogP contribution in [0.4, 0.5) is 21.7 Å². The van der Waals surface area contributed by atoms with E-state index in [9.17, 15) is 4.39 Å². The van der Waals surface area contributed by atoms with Gasteiger partial charge in [-0.3, -0.25) is 0 Å². The fourth-order valence-electron chi connectivity index (χ4n) is 1.76. The van der Waals surface area contributed by atoms with Crippen LogP contribution in [0.25, 0.3) is 0 Å². The molecular weight excluding hydrogens is 247 g/mol. The second-order valence-corrected chi connectivity index (χ2v) is 3.91. The van der Waals surface area contributed by atoms with E-state index in [1.165, 1.54) is 19.5 Å². The highest BCUT2D eigenvalue weighted by Crippen LogP contribution is 2.26. The number of hydrogen-bond acceptors (Lipinski definition) is 5. The molecule has 0 saturated heterocycles. The molecule has 19 heavy (non-hydrogen) atoms. The summed E-state index contributed by atoms with van der Waals surface area (Å²) in [5.41, 5.74) is 7.29. The van der Waals surface area contributed by atoms with Gasteiger partial charge in [0.05, 0.1) is 7.11 Å². The number of anilines is 3. The molecule has 5 nitrogen and oxygen atoms in total. The summed E-state index contributed by atoms with van der Waals surface area (Å²) in [6, 6.07) is 4.50. The van der Waals surface area contributed by atoms with Gasteiger partial charge in [-0.1, -0.05) is 6.92 Å². The summed E-state index contributed by atoms with van der Waals surface area (Å²) in [7, 11) is 1.42. The van der Waals surface area contributed by atoms with Crippen molar-refractivity contribution in [1.29, 1.82) is 0 Å². The average molecular weight is 262 g/mol. The first kappa shape index (κ1) is 13.1. The number of halogens is 1. The number of benzene rings is 1. The number of nitrogen functional groups attached to an aromatic ring is 1. The van der Waals surface area contributed by atoms with Gasteiger partial charge >= 0.3 is 0 Å². The number of ether oxygens (including phenoxy) is 1. The summed E-state index contributed by atoms with van der Waals surface area (Å²) in [5, 5.41) is 3.09. The summed E-state index contributed by atoms with van der Waals surface area (Å²) in [5.74, 6) is 0.814. The van der Waals surface area contributed by atoms with Gasteiger partial charge in [0, 0.05) is 17.3 Å². The Morgan fingerprint density at radius 2 is 2.16 bits per heavy atom. The molecule has 1 aromatic heterocycles. The number of nitrogens with zero attached hydrogens (tertiary/aromatic N) is 2. The molecular formula is C13H15FN4O. The molecule has 1 aromatic carbocycles. The van der Waals surface area contributed by atoms with Crippen LogP contribution in [0.1, 0.15) is 12.5 Å². The predicted octanol–water partition coefficient (Wildman–Crippen LogP) is 2.51. The molecule has 0 fully saturated rings. The molecule has 0 atom stereocenters. The third kappa shape index (κ3) is 2.73. The molecule has 0 radical (unpaired) electrons. The number of hydrogen-bond donors (Lipinski definition) is 2. The summed E-state index contributed by atoms with van der Waals surface area (Å²) in [4.78, 5) is 8.09. The molecule has 0 amide bonds. The largest absolute Gasteiger partial charge is 0.494 e. The third-order valence-electron chi connectivity index (χ3n) is 2.75. The van der Waals surface area contributed by atoms with Crippen molar-refractivity contribution in [3.05, 3.63) is 35.9 Å². The molecule has 100 valence electrons. The van der Waals surface area contributed by atoms with Crippen molar-refractivity contribution in [2.24, 2.45) is 0 Å². The van der Waals surface area contributed by atoms with Crippen molar-refractivity contribution < 1.29 is 9.13 Å². The number of nitrogens with two attached hydrogens (primary N) is 1. The standard InChI is InChI=1S/C13H15FN4O/c1-3-9-12(15)16-7-17-13(9)18-8-4-5-10(14)11(6-8)19-2/h4-7H,3H2,1-2H3,(H3,15,16,17,18). The van der Waals surface area contributed by atoms with E-state index in [0.29, 0.717) is 23.7 Å². The van der Waals surface area contributed by atoms with Gasteiger partial charge in [0.2, 0.25) is 0 Å². The Morgan fingerprint density at radius 1 is 1.37 bits per heavy atom. The second-order valence-electron chi connectivity index (χ2n) is 3.91. The molecule has 6 heteroatoms. The van der Waals surface area contributed by atoms with Gasteiger partial charge in [0.25, 0.3) is 0 Å². The first-order valence-electron chi connectivity index (χ1n) is 5.85. The number of methoxy groups -OCH3 is 1. The van der Waals surface area contributed by atoms with E-state index in [4.69, 9.17) is 10.5 Å². The van der Waals surface area contributed by atoms with E-state index >= 15 is 0 Å². The topological polar surface area (TPSA) is 73.1 Å². The lowest BCUT2D eigenvalue weighted by atomic mass is 10.2. The van der Waals surface area contributed by atoms with E-state index in [-0.39, 0.29) is 5.75 Å². The fraction of sp³-hybridized carbons (Fsp3) is 0.231. The van der Waals surface area contributed by atoms with Gasteiger partial charge < -0.3 is 15.8 Å². The number of aromatic nitrogens is 2. The molecule has 0 unspecified atom stereocenters. The minimum atomic E-state index is -0.411. The first-order chi connectivity index (χ1) is 9.15. The van der Waals surface area contributed by atoms with E-state index in [2.05, 4.69) is 15.3 Å². The van der Waals surface area contributed by atoms with E-state index in [1.54, 1.807) is 12.1 Å². The number of rotatable bonds is 4. The van der Waals surface area contributed by atoms with Gasteiger partial charge in [0.1, 0.15) is 18.0 Å². The van der Waals surface area contributed by atoms with Crippen LogP contribution in [-0.4, -0.2) is 17.1 Å². The highest BCUT2D eigenvalue weighted by molar-refractivity contribution is 5.64. The zero-order valence-electron chi connectivity index (χ0n) is 10.8. The Bertz CT molecular complexity index is 589. The molecule has 2 rings (SSSR count). The van der Waals surface area contributed by atoms with Gasteiger partial charge in [-0.05, 0) is 18.6 Å². The number of nitrogens with one attached hydrogen (secondary N) is 1. The maximum absolute atomic E-state index is 13.3. The Kier molecular flexibility index (Phi) is 3.79. The van der Waals surface area contributed by atoms with E-state index in [1.807, 2.05) is 6.92 Å². The fourth-order valence-corrected chi connectivity index (χ4v) is 1.76. The summed E-state index contributed by atoms with van der Waals surface area (Å²) in [6.45, 7) is 1.96. The minimum absolute atomic E-state index is 0.171. The van der Waals surface area contributed by atoms with Crippen molar-refractivity contribution in [1.82, 2.24) is 9.97 Å². The Hall–Kier alpha value is -2.37. The van der Waals surface area contributed by atoms with E-state index in [0.717, 1.165) is 5.56 Å². The van der Waals surface area contributed by atoms with Crippen LogP contribution < -0.4 is 15.8 Å². The molecule has 2 aromatic rings. The van der Waals surface area contributed by atoms with Crippen LogP contribution in [0.15, 0.2) is 24.5 Å². The van der Waals surface area contributed by atoms with Crippen LogP contribution in [-0.2, 0) is 6.42 Å². The molecule has 0 saturated carbocycles. The maximum atomic E-state index is 13.3. The first-order valence-corrected chi connectivity index (χ1v) is 5.85. The lowest BCUT2D eigenvalue weighted by molar-refractivity contribution is 0.387. The quantitative estimate of drug-likeness (QED) is 0.885. The molecule has 0 aliphatic rings. The average Bonchev–Trinajstić information content (AvgIpc) is 2.41.